The number of aliphatic hydroxyl groups is 1. The monoisotopic (exact) mass is 230 g/mol. The third-order valence-corrected chi connectivity index (χ3v) is 4.39. The Labute approximate surface area is 104 Å². The second-order valence-electron chi connectivity index (χ2n) is 5.98. The molecule has 0 spiro atoms. The molecule has 1 nitrogen and oxygen atoms in total. The molecule has 17 heavy (non-hydrogen) atoms. The molecule has 0 unspecified atom stereocenters. The molecule has 3 rings (SSSR count). The van der Waals surface area contributed by atoms with E-state index in [1.165, 1.54) is 43.2 Å². The first-order valence-corrected chi connectivity index (χ1v) is 7.06. The molecule has 2 saturated carbocycles. The molecule has 92 valence electrons. The maximum atomic E-state index is 9.98. The minimum atomic E-state index is -0.356. The van der Waals surface area contributed by atoms with E-state index in [0.717, 1.165) is 25.2 Å². The van der Waals surface area contributed by atoms with E-state index in [2.05, 4.69) is 24.3 Å². The van der Waals surface area contributed by atoms with Crippen LogP contribution in [0.5, 0.6) is 0 Å². The van der Waals surface area contributed by atoms with Crippen molar-refractivity contribution in [2.45, 2.75) is 62.9 Å². The molecule has 0 heterocycles. The molecule has 0 aliphatic heterocycles. The van der Waals surface area contributed by atoms with Crippen LogP contribution in [-0.4, -0.2) is 10.7 Å². The summed E-state index contributed by atoms with van der Waals surface area (Å²) in [6.45, 7) is 0. The molecule has 0 atom stereocenters. The van der Waals surface area contributed by atoms with E-state index >= 15 is 0 Å². The molecule has 1 aromatic rings. The summed E-state index contributed by atoms with van der Waals surface area (Å²) in [4.78, 5) is 0. The van der Waals surface area contributed by atoms with Gasteiger partial charge in [0.15, 0.2) is 0 Å². The summed E-state index contributed by atoms with van der Waals surface area (Å²) in [7, 11) is 0. The molecule has 1 aromatic carbocycles. The average molecular weight is 230 g/mol. The van der Waals surface area contributed by atoms with Gasteiger partial charge in [0.25, 0.3) is 0 Å². The normalized spacial score (nSPS) is 23.6. The summed E-state index contributed by atoms with van der Waals surface area (Å²) < 4.78 is 0. The summed E-state index contributed by atoms with van der Waals surface area (Å²) in [5, 5.41) is 9.98. The van der Waals surface area contributed by atoms with E-state index < -0.39 is 0 Å². The Balaban J connectivity index is 1.73. The first-order valence-electron chi connectivity index (χ1n) is 7.06. The standard InChI is InChI=1S/C16H22O/c17-16(9-10-16)12-13-5-4-8-15(11-13)14-6-2-1-3-7-14/h4-5,8,11,14,17H,1-3,6-7,9-10,12H2. The maximum Gasteiger partial charge on any atom is 0.0690 e. The number of hydrogen-bond donors (Lipinski definition) is 1. The highest BCUT2D eigenvalue weighted by Gasteiger charge is 2.40. The lowest BCUT2D eigenvalue weighted by molar-refractivity contribution is 0.151. The predicted octanol–water partition coefficient (Wildman–Crippen LogP) is 3.80. The van der Waals surface area contributed by atoms with Crippen LogP contribution in [0.15, 0.2) is 24.3 Å². The fourth-order valence-corrected chi connectivity index (χ4v) is 3.09. The van der Waals surface area contributed by atoms with Gasteiger partial charge in [0.2, 0.25) is 0 Å². The highest BCUT2D eigenvalue weighted by atomic mass is 16.3. The minimum Gasteiger partial charge on any atom is -0.390 e. The quantitative estimate of drug-likeness (QED) is 0.837. The Morgan fingerprint density at radius 2 is 1.88 bits per heavy atom. The van der Waals surface area contributed by atoms with E-state index in [4.69, 9.17) is 0 Å². The zero-order chi connectivity index (χ0) is 11.7. The van der Waals surface area contributed by atoms with Crippen molar-refractivity contribution in [3.05, 3.63) is 35.4 Å². The molecule has 2 fully saturated rings. The van der Waals surface area contributed by atoms with E-state index in [9.17, 15) is 5.11 Å². The first-order chi connectivity index (χ1) is 8.25. The first kappa shape index (κ1) is 11.3. The summed E-state index contributed by atoms with van der Waals surface area (Å²) in [5.74, 6) is 0.776. The highest BCUT2D eigenvalue weighted by molar-refractivity contribution is 5.28. The minimum absolute atomic E-state index is 0.356. The molecule has 1 N–H and O–H groups in total. The molecule has 0 aromatic heterocycles. The third kappa shape index (κ3) is 2.71. The summed E-state index contributed by atoms with van der Waals surface area (Å²) in [5.41, 5.74) is 2.48. The summed E-state index contributed by atoms with van der Waals surface area (Å²) in [6, 6.07) is 8.95. The molecular formula is C16H22O. The fourth-order valence-electron chi connectivity index (χ4n) is 3.09. The van der Waals surface area contributed by atoms with Crippen molar-refractivity contribution in [1.29, 1.82) is 0 Å². The Bertz CT molecular complexity index is 386. The Hall–Kier alpha value is -0.820. The largest absolute Gasteiger partial charge is 0.390 e. The van der Waals surface area contributed by atoms with Gasteiger partial charge in [0.05, 0.1) is 5.60 Å². The van der Waals surface area contributed by atoms with Crippen LogP contribution in [-0.2, 0) is 6.42 Å². The SMILES string of the molecule is OC1(Cc2cccc(C3CCCCC3)c2)CC1. The van der Waals surface area contributed by atoms with Crippen molar-refractivity contribution in [1.82, 2.24) is 0 Å². The van der Waals surface area contributed by atoms with Gasteiger partial charge in [-0.2, -0.15) is 0 Å². The van der Waals surface area contributed by atoms with Crippen molar-refractivity contribution < 1.29 is 5.11 Å². The Kier molecular flexibility index (Phi) is 2.96. The van der Waals surface area contributed by atoms with Crippen LogP contribution in [0.3, 0.4) is 0 Å². The van der Waals surface area contributed by atoms with Gasteiger partial charge in [-0.25, -0.2) is 0 Å². The lowest BCUT2D eigenvalue weighted by Crippen LogP contribution is -2.11. The predicted molar refractivity (Wildman–Crippen MR) is 70.2 cm³/mol. The van der Waals surface area contributed by atoms with Gasteiger partial charge >= 0.3 is 0 Å². The zero-order valence-corrected chi connectivity index (χ0v) is 10.5. The second kappa shape index (κ2) is 4.45. The van der Waals surface area contributed by atoms with Crippen molar-refractivity contribution >= 4 is 0 Å². The van der Waals surface area contributed by atoms with E-state index in [1.54, 1.807) is 0 Å². The topological polar surface area (TPSA) is 20.2 Å². The fraction of sp³-hybridized carbons (Fsp3) is 0.625. The molecule has 0 amide bonds. The Morgan fingerprint density at radius 1 is 1.12 bits per heavy atom. The van der Waals surface area contributed by atoms with Crippen LogP contribution in [0.2, 0.25) is 0 Å². The van der Waals surface area contributed by atoms with Gasteiger partial charge in [0.1, 0.15) is 0 Å². The van der Waals surface area contributed by atoms with Crippen molar-refractivity contribution in [3.8, 4) is 0 Å². The van der Waals surface area contributed by atoms with Gasteiger partial charge in [-0.3, -0.25) is 0 Å². The molecule has 2 aliphatic rings. The van der Waals surface area contributed by atoms with Gasteiger partial charge in [-0.1, -0.05) is 43.5 Å². The van der Waals surface area contributed by atoms with Gasteiger partial charge in [-0.05, 0) is 42.7 Å². The summed E-state index contributed by atoms with van der Waals surface area (Å²) >= 11 is 0. The summed E-state index contributed by atoms with van der Waals surface area (Å²) in [6.07, 6.45) is 9.73. The second-order valence-corrected chi connectivity index (χ2v) is 5.98. The smallest absolute Gasteiger partial charge is 0.0690 e. The lowest BCUT2D eigenvalue weighted by atomic mass is 9.83. The molecule has 0 radical (unpaired) electrons. The zero-order valence-electron chi connectivity index (χ0n) is 10.5. The van der Waals surface area contributed by atoms with Gasteiger partial charge in [0, 0.05) is 6.42 Å². The molecule has 1 heteroatoms. The van der Waals surface area contributed by atoms with Crippen LogP contribution in [0, 0.1) is 0 Å². The third-order valence-electron chi connectivity index (χ3n) is 4.39. The van der Waals surface area contributed by atoms with E-state index in [-0.39, 0.29) is 5.60 Å². The van der Waals surface area contributed by atoms with Crippen LogP contribution >= 0.6 is 0 Å². The van der Waals surface area contributed by atoms with E-state index in [1.807, 2.05) is 0 Å². The molecule has 0 saturated heterocycles. The Morgan fingerprint density at radius 3 is 2.59 bits per heavy atom. The van der Waals surface area contributed by atoms with Crippen LogP contribution in [0.4, 0.5) is 0 Å². The maximum absolute atomic E-state index is 9.98. The van der Waals surface area contributed by atoms with Crippen LogP contribution < -0.4 is 0 Å². The molecule has 2 aliphatic carbocycles. The van der Waals surface area contributed by atoms with E-state index in [0.29, 0.717) is 0 Å². The van der Waals surface area contributed by atoms with Crippen LogP contribution in [0.1, 0.15) is 62.0 Å². The van der Waals surface area contributed by atoms with Crippen molar-refractivity contribution in [2.75, 3.05) is 0 Å². The van der Waals surface area contributed by atoms with Crippen LogP contribution in [0.25, 0.3) is 0 Å². The highest BCUT2D eigenvalue weighted by Crippen LogP contribution is 2.39. The van der Waals surface area contributed by atoms with Gasteiger partial charge < -0.3 is 5.11 Å². The van der Waals surface area contributed by atoms with Crippen molar-refractivity contribution in [3.63, 3.8) is 0 Å². The van der Waals surface area contributed by atoms with Crippen molar-refractivity contribution in [2.24, 2.45) is 0 Å². The lowest BCUT2D eigenvalue weighted by Gasteiger charge is -2.22. The number of hydrogen-bond acceptors (Lipinski definition) is 1. The molecular weight excluding hydrogens is 208 g/mol. The number of rotatable bonds is 3. The van der Waals surface area contributed by atoms with Gasteiger partial charge in [-0.15, -0.1) is 0 Å². The average Bonchev–Trinajstić information content (AvgIpc) is 3.08. The molecule has 0 bridgehead atoms. The number of benzene rings is 1.